The lowest BCUT2D eigenvalue weighted by atomic mass is 9.92. The van der Waals surface area contributed by atoms with Crippen LogP contribution in [0.1, 0.15) is 29.6 Å². The summed E-state index contributed by atoms with van der Waals surface area (Å²) in [7, 11) is 0. The Morgan fingerprint density at radius 2 is 1.93 bits per heavy atom. The van der Waals surface area contributed by atoms with Crippen molar-refractivity contribution in [1.29, 1.82) is 0 Å². The van der Waals surface area contributed by atoms with E-state index in [1.807, 2.05) is 54.6 Å². The molecule has 0 aromatic heterocycles. The molecule has 0 bridgehead atoms. The first-order valence-electron chi connectivity index (χ1n) is 9.71. The fourth-order valence-corrected chi connectivity index (χ4v) is 3.95. The molecule has 4 rings (SSSR count). The van der Waals surface area contributed by atoms with Crippen molar-refractivity contribution < 1.29 is 14.3 Å². The van der Waals surface area contributed by atoms with E-state index in [1.54, 1.807) is 0 Å². The lowest BCUT2D eigenvalue weighted by Crippen LogP contribution is -2.56. The van der Waals surface area contributed by atoms with Gasteiger partial charge in [0, 0.05) is 13.1 Å². The number of piperidine rings is 1. The number of ether oxygens (including phenoxy) is 2. The first-order valence-corrected chi connectivity index (χ1v) is 9.71. The van der Waals surface area contributed by atoms with Crippen molar-refractivity contribution >= 4 is 5.91 Å². The van der Waals surface area contributed by atoms with Crippen molar-refractivity contribution in [3.8, 4) is 11.5 Å². The number of nitrogens with one attached hydrogen (secondary N) is 1. The van der Waals surface area contributed by atoms with Gasteiger partial charge in [-0.05, 0) is 50.1 Å². The molecular formula is C22H26N2O3. The highest BCUT2D eigenvalue weighted by atomic mass is 16.5. The Kier molecular flexibility index (Phi) is 5.30. The number of amides is 1. The highest BCUT2D eigenvalue weighted by Gasteiger charge is 2.40. The van der Waals surface area contributed by atoms with E-state index >= 15 is 0 Å². The summed E-state index contributed by atoms with van der Waals surface area (Å²) in [4.78, 5) is 14.8. The average molecular weight is 366 g/mol. The number of nitrogens with zero attached hydrogens (tertiary/aromatic N) is 1. The Morgan fingerprint density at radius 3 is 2.81 bits per heavy atom. The summed E-state index contributed by atoms with van der Waals surface area (Å²) < 4.78 is 12.2. The predicted molar refractivity (Wildman–Crippen MR) is 104 cm³/mol. The van der Waals surface area contributed by atoms with Gasteiger partial charge >= 0.3 is 0 Å². The SMILES string of the molecule is O=C1NCC2(CCCN(CCCOc3ccccc3)C2)Oc2ccccc21. The minimum Gasteiger partial charge on any atom is -0.494 e. The van der Waals surface area contributed by atoms with Crippen LogP contribution in [-0.2, 0) is 0 Å². The molecule has 27 heavy (non-hydrogen) atoms. The van der Waals surface area contributed by atoms with E-state index in [1.165, 1.54) is 0 Å². The summed E-state index contributed by atoms with van der Waals surface area (Å²) in [5.41, 5.74) is 0.281. The zero-order valence-electron chi connectivity index (χ0n) is 15.5. The minimum atomic E-state index is -0.346. The Balaban J connectivity index is 1.34. The predicted octanol–water partition coefficient (Wildman–Crippen LogP) is 3.11. The number of fused-ring (bicyclic) bond motifs is 1. The van der Waals surface area contributed by atoms with Crippen LogP contribution >= 0.6 is 0 Å². The summed E-state index contributed by atoms with van der Waals surface area (Å²) in [5.74, 6) is 1.57. The molecule has 2 aliphatic heterocycles. The Morgan fingerprint density at radius 1 is 1.11 bits per heavy atom. The minimum absolute atomic E-state index is 0.0455. The van der Waals surface area contributed by atoms with Crippen molar-refractivity contribution in [3.63, 3.8) is 0 Å². The molecule has 0 radical (unpaired) electrons. The third-order valence-corrected chi connectivity index (χ3v) is 5.28. The highest BCUT2D eigenvalue weighted by molar-refractivity contribution is 5.97. The van der Waals surface area contributed by atoms with Crippen LogP contribution in [0.3, 0.4) is 0 Å². The number of carbonyl (C=O) groups is 1. The van der Waals surface area contributed by atoms with Gasteiger partial charge in [-0.25, -0.2) is 0 Å². The lowest BCUT2D eigenvalue weighted by molar-refractivity contribution is -0.00540. The third kappa shape index (κ3) is 4.25. The van der Waals surface area contributed by atoms with Crippen molar-refractivity contribution in [3.05, 3.63) is 60.2 Å². The van der Waals surface area contributed by atoms with Crippen LogP contribution in [-0.4, -0.2) is 49.2 Å². The quantitative estimate of drug-likeness (QED) is 0.826. The van der Waals surface area contributed by atoms with E-state index in [9.17, 15) is 4.79 Å². The van der Waals surface area contributed by atoms with Crippen LogP contribution in [0.15, 0.2) is 54.6 Å². The second kappa shape index (κ2) is 8.01. The zero-order chi connectivity index (χ0) is 18.5. The maximum atomic E-state index is 12.3. The lowest BCUT2D eigenvalue weighted by Gasteiger charge is -2.42. The van der Waals surface area contributed by atoms with Crippen LogP contribution in [0.5, 0.6) is 11.5 Å². The summed E-state index contributed by atoms with van der Waals surface area (Å²) in [5, 5.41) is 3.06. The molecule has 2 aliphatic rings. The van der Waals surface area contributed by atoms with E-state index in [4.69, 9.17) is 9.47 Å². The first kappa shape index (κ1) is 17.9. The topological polar surface area (TPSA) is 50.8 Å². The van der Waals surface area contributed by atoms with Gasteiger partial charge in [0.25, 0.3) is 5.91 Å². The molecular weight excluding hydrogens is 340 g/mol. The van der Waals surface area contributed by atoms with Gasteiger partial charge < -0.3 is 14.8 Å². The number of likely N-dealkylation sites (tertiary alicyclic amines) is 1. The molecule has 0 saturated carbocycles. The first-order chi connectivity index (χ1) is 13.2. The number of hydrogen-bond acceptors (Lipinski definition) is 4. The summed E-state index contributed by atoms with van der Waals surface area (Å²) in [6.45, 7) is 4.11. The summed E-state index contributed by atoms with van der Waals surface area (Å²) in [6, 6.07) is 17.4. The largest absolute Gasteiger partial charge is 0.494 e. The molecule has 5 heteroatoms. The standard InChI is InChI=1S/C22H26N2O3/c25-21-19-10-4-5-11-20(19)27-22(16-23-21)12-6-13-24(17-22)14-7-15-26-18-8-2-1-3-9-18/h1-5,8-11H,6-7,12-17H2,(H,23,25). The molecule has 2 aromatic rings. The van der Waals surface area contributed by atoms with Gasteiger partial charge in [-0.3, -0.25) is 9.69 Å². The van der Waals surface area contributed by atoms with Crippen LogP contribution < -0.4 is 14.8 Å². The van der Waals surface area contributed by atoms with Gasteiger partial charge in [-0.2, -0.15) is 0 Å². The van der Waals surface area contributed by atoms with Gasteiger partial charge in [0.15, 0.2) is 0 Å². The average Bonchev–Trinajstić information content (AvgIpc) is 2.83. The van der Waals surface area contributed by atoms with E-state index in [2.05, 4.69) is 10.2 Å². The fourth-order valence-electron chi connectivity index (χ4n) is 3.95. The van der Waals surface area contributed by atoms with E-state index < -0.39 is 0 Å². The Bertz CT molecular complexity index is 780. The van der Waals surface area contributed by atoms with Crippen molar-refractivity contribution in [1.82, 2.24) is 10.2 Å². The summed E-state index contributed by atoms with van der Waals surface area (Å²) in [6.07, 6.45) is 2.99. The monoisotopic (exact) mass is 366 g/mol. The van der Waals surface area contributed by atoms with Crippen LogP contribution in [0.25, 0.3) is 0 Å². The molecule has 0 aliphatic carbocycles. The van der Waals surface area contributed by atoms with Crippen LogP contribution in [0, 0.1) is 0 Å². The number of para-hydroxylation sites is 2. The molecule has 1 saturated heterocycles. The van der Waals surface area contributed by atoms with E-state index in [-0.39, 0.29) is 11.5 Å². The normalized spacial score (nSPS) is 22.4. The zero-order valence-corrected chi connectivity index (χ0v) is 15.5. The molecule has 142 valence electrons. The number of rotatable bonds is 5. The van der Waals surface area contributed by atoms with Crippen molar-refractivity contribution in [2.24, 2.45) is 0 Å². The van der Waals surface area contributed by atoms with Gasteiger partial charge in [-0.1, -0.05) is 30.3 Å². The summed E-state index contributed by atoms with van der Waals surface area (Å²) >= 11 is 0. The fraction of sp³-hybridized carbons (Fsp3) is 0.409. The second-order valence-electron chi connectivity index (χ2n) is 7.36. The van der Waals surface area contributed by atoms with E-state index in [0.29, 0.717) is 24.5 Å². The van der Waals surface area contributed by atoms with Crippen LogP contribution in [0.2, 0.25) is 0 Å². The molecule has 1 amide bonds. The Hall–Kier alpha value is -2.53. The maximum Gasteiger partial charge on any atom is 0.255 e. The van der Waals surface area contributed by atoms with Gasteiger partial charge in [0.05, 0.1) is 18.7 Å². The molecule has 1 unspecified atom stereocenters. The molecule has 1 atom stereocenters. The molecule has 5 nitrogen and oxygen atoms in total. The second-order valence-corrected chi connectivity index (χ2v) is 7.36. The number of hydrogen-bond donors (Lipinski definition) is 1. The smallest absolute Gasteiger partial charge is 0.255 e. The van der Waals surface area contributed by atoms with Gasteiger partial charge in [0.1, 0.15) is 17.1 Å². The van der Waals surface area contributed by atoms with Crippen LogP contribution in [0.4, 0.5) is 0 Å². The number of carbonyl (C=O) groups excluding carboxylic acids is 1. The highest BCUT2D eigenvalue weighted by Crippen LogP contribution is 2.32. The molecule has 2 heterocycles. The van der Waals surface area contributed by atoms with E-state index in [0.717, 1.165) is 44.6 Å². The third-order valence-electron chi connectivity index (χ3n) is 5.28. The van der Waals surface area contributed by atoms with Gasteiger partial charge in [-0.15, -0.1) is 0 Å². The van der Waals surface area contributed by atoms with Crippen molar-refractivity contribution in [2.75, 3.05) is 32.8 Å². The molecule has 1 fully saturated rings. The molecule has 1 N–H and O–H groups in total. The molecule has 1 spiro atoms. The molecule has 2 aromatic carbocycles. The Labute approximate surface area is 160 Å². The number of benzene rings is 2. The maximum absolute atomic E-state index is 12.3. The van der Waals surface area contributed by atoms with Crippen molar-refractivity contribution in [2.45, 2.75) is 24.9 Å². The van der Waals surface area contributed by atoms with Gasteiger partial charge in [0.2, 0.25) is 0 Å².